The Kier molecular flexibility index (Phi) is 8.32. The highest BCUT2D eigenvalue weighted by atomic mass is 16.5. The van der Waals surface area contributed by atoms with E-state index in [1.165, 1.54) is 24.4 Å². The number of ether oxygens (including phenoxy) is 1. The lowest BCUT2D eigenvalue weighted by Crippen LogP contribution is -2.32. The number of nitrogen functional groups attached to an aromatic ring is 1. The summed E-state index contributed by atoms with van der Waals surface area (Å²) in [5.41, 5.74) is 9.50. The minimum absolute atomic E-state index is 0.128. The fraction of sp³-hybridized carbons (Fsp3) is 0.367. The summed E-state index contributed by atoms with van der Waals surface area (Å²) >= 11 is 0. The van der Waals surface area contributed by atoms with Crippen LogP contribution in [0.1, 0.15) is 50.2 Å². The zero-order valence-corrected chi connectivity index (χ0v) is 23.4. The number of anilines is 2. The number of benzene rings is 1. The molecule has 11 nitrogen and oxygen atoms in total. The van der Waals surface area contributed by atoms with Gasteiger partial charge in [-0.05, 0) is 37.0 Å². The minimum Gasteiger partial charge on any atom is -0.496 e. The third-order valence-electron chi connectivity index (χ3n) is 7.23. The fourth-order valence-electron chi connectivity index (χ4n) is 4.93. The van der Waals surface area contributed by atoms with Gasteiger partial charge < -0.3 is 25.3 Å². The molecule has 1 aromatic carbocycles. The van der Waals surface area contributed by atoms with E-state index < -0.39 is 11.8 Å². The number of hydrogen-bond donors (Lipinski definition) is 2. The summed E-state index contributed by atoms with van der Waals surface area (Å²) in [5.74, 6) is 0.486. The van der Waals surface area contributed by atoms with E-state index in [0.29, 0.717) is 24.7 Å². The Hall–Kier alpha value is -4.67. The summed E-state index contributed by atoms with van der Waals surface area (Å²) in [6.45, 7) is 3.89. The van der Waals surface area contributed by atoms with Gasteiger partial charge in [0.05, 0.1) is 19.2 Å². The van der Waals surface area contributed by atoms with E-state index >= 15 is 0 Å². The number of unbranched alkanes of at least 4 members (excludes halogenated alkanes) is 2. The lowest BCUT2D eigenvalue weighted by atomic mass is 10.1. The molecule has 1 fully saturated rings. The summed E-state index contributed by atoms with van der Waals surface area (Å²) in [6.07, 6.45) is 12.0. The van der Waals surface area contributed by atoms with E-state index in [2.05, 4.69) is 26.8 Å². The maximum atomic E-state index is 13.0. The van der Waals surface area contributed by atoms with Crippen LogP contribution in [0, 0.1) is 0 Å². The summed E-state index contributed by atoms with van der Waals surface area (Å²) < 4.78 is 7.84. The van der Waals surface area contributed by atoms with Gasteiger partial charge >= 0.3 is 0 Å². The van der Waals surface area contributed by atoms with Crippen LogP contribution in [-0.2, 0) is 27.5 Å². The fourth-order valence-corrected chi connectivity index (χ4v) is 4.93. The smallest absolute Gasteiger partial charge is 0.257 e. The molecule has 0 saturated heterocycles. The van der Waals surface area contributed by atoms with Crippen molar-refractivity contribution in [1.29, 1.82) is 0 Å². The second-order valence-electron chi connectivity index (χ2n) is 10.3. The summed E-state index contributed by atoms with van der Waals surface area (Å²) in [7, 11) is 1.63. The summed E-state index contributed by atoms with van der Waals surface area (Å²) in [5, 5.41) is 3.42. The van der Waals surface area contributed by atoms with Crippen LogP contribution in [0.2, 0.25) is 0 Å². The number of hydrogen-bond acceptors (Lipinski definition) is 8. The molecule has 3 amide bonds. The lowest BCUT2D eigenvalue weighted by Gasteiger charge is -2.22. The van der Waals surface area contributed by atoms with E-state index in [0.717, 1.165) is 65.7 Å². The van der Waals surface area contributed by atoms with E-state index in [-0.39, 0.29) is 17.9 Å². The summed E-state index contributed by atoms with van der Waals surface area (Å²) in [6, 6.07) is 8.00. The molecule has 0 unspecified atom stereocenters. The number of imide groups is 1. The van der Waals surface area contributed by atoms with Gasteiger partial charge in [-0.15, -0.1) is 0 Å². The molecule has 1 saturated carbocycles. The first-order valence-electron chi connectivity index (χ1n) is 13.9. The number of nitrogens with two attached hydrogens (primary N) is 1. The molecule has 0 bridgehead atoms. The Morgan fingerprint density at radius 3 is 2.66 bits per heavy atom. The SMILES string of the molecule is CCCCCNc1nc(N)nc2ccn(Cc3ccc(CN(C(=O)C=CN4C(=O)C=CC4=O)C4CC4)cc3OC)c12. The normalized spacial score (nSPS) is 14.9. The Balaban J connectivity index is 1.33. The molecule has 3 aromatic rings. The van der Waals surface area contributed by atoms with Crippen LogP contribution in [0.5, 0.6) is 5.75 Å². The van der Waals surface area contributed by atoms with Gasteiger partial charge in [0.25, 0.3) is 11.8 Å². The van der Waals surface area contributed by atoms with Gasteiger partial charge in [-0.2, -0.15) is 4.98 Å². The molecular formula is C30H35N7O4. The van der Waals surface area contributed by atoms with Crippen molar-refractivity contribution in [2.45, 2.75) is 58.2 Å². The van der Waals surface area contributed by atoms with Crippen LogP contribution in [0.3, 0.4) is 0 Å². The predicted molar refractivity (Wildman–Crippen MR) is 156 cm³/mol. The number of nitrogens with zero attached hydrogens (tertiary/aromatic N) is 5. The quantitative estimate of drug-likeness (QED) is 0.185. The van der Waals surface area contributed by atoms with E-state index in [1.807, 2.05) is 30.5 Å². The first-order valence-corrected chi connectivity index (χ1v) is 13.9. The average molecular weight is 558 g/mol. The van der Waals surface area contributed by atoms with Gasteiger partial charge in [0.1, 0.15) is 11.3 Å². The molecule has 5 rings (SSSR count). The van der Waals surface area contributed by atoms with Crippen LogP contribution >= 0.6 is 0 Å². The third kappa shape index (κ3) is 6.40. The van der Waals surface area contributed by atoms with Crippen LogP contribution in [-0.4, -0.2) is 61.8 Å². The molecule has 3 heterocycles. The van der Waals surface area contributed by atoms with E-state index in [1.54, 1.807) is 12.0 Å². The molecule has 0 atom stereocenters. The van der Waals surface area contributed by atoms with Crippen molar-refractivity contribution in [3.05, 3.63) is 66.0 Å². The minimum atomic E-state index is -0.456. The highest BCUT2D eigenvalue weighted by Gasteiger charge is 2.32. The highest BCUT2D eigenvalue weighted by molar-refractivity contribution is 6.14. The maximum absolute atomic E-state index is 13.0. The predicted octanol–water partition coefficient (Wildman–Crippen LogP) is 3.60. The van der Waals surface area contributed by atoms with Crippen LogP contribution < -0.4 is 15.8 Å². The average Bonchev–Trinajstić information content (AvgIpc) is 3.65. The van der Waals surface area contributed by atoms with Crippen molar-refractivity contribution >= 4 is 40.5 Å². The molecule has 1 aliphatic carbocycles. The second-order valence-corrected chi connectivity index (χ2v) is 10.3. The largest absolute Gasteiger partial charge is 0.496 e. The van der Waals surface area contributed by atoms with Crippen molar-refractivity contribution in [3.8, 4) is 5.75 Å². The van der Waals surface area contributed by atoms with Gasteiger partial charge in [0.2, 0.25) is 11.9 Å². The van der Waals surface area contributed by atoms with Crippen molar-refractivity contribution in [3.63, 3.8) is 0 Å². The lowest BCUT2D eigenvalue weighted by molar-refractivity contribution is -0.133. The number of nitrogens with one attached hydrogen (secondary N) is 1. The molecule has 214 valence electrons. The van der Waals surface area contributed by atoms with Crippen molar-refractivity contribution in [2.75, 3.05) is 24.7 Å². The molecule has 11 heteroatoms. The van der Waals surface area contributed by atoms with Gasteiger partial charge in [0, 0.05) is 55.3 Å². The number of carbonyl (C=O) groups excluding carboxylic acids is 3. The number of methoxy groups -OCH3 is 1. The molecule has 2 aliphatic rings. The van der Waals surface area contributed by atoms with Crippen molar-refractivity contribution < 1.29 is 19.1 Å². The number of carbonyl (C=O) groups is 3. The molecule has 3 N–H and O–H groups in total. The highest BCUT2D eigenvalue weighted by Crippen LogP contribution is 2.31. The van der Waals surface area contributed by atoms with Gasteiger partial charge in [-0.1, -0.05) is 31.9 Å². The molecule has 0 spiro atoms. The molecular weight excluding hydrogens is 522 g/mol. The second kappa shape index (κ2) is 12.2. The van der Waals surface area contributed by atoms with Gasteiger partial charge in [-0.25, -0.2) is 4.98 Å². The molecule has 2 aromatic heterocycles. The first-order chi connectivity index (χ1) is 19.9. The maximum Gasteiger partial charge on any atom is 0.257 e. The Morgan fingerprint density at radius 1 is 1.17 bits per heavy atom. The standard InChI is InChI=1S/C30H35N7O4/c1-3-4-5-14-32-29-28-23(33-30(31)34-29)12-15-35(28)19-21-7-6-20(17-24(21)41-2)18-37(22-8-9-22)27(40)13-16-36-25(38)10-11-26(36)39/h6-7,10-13,15-17,22H,3-5,8-9,14,18-19H2,1-2H3,(H3,31,32,33,34). The first kappa shape index (κ1) is 27.9. The number of aromatic nitrogens is 3. The third-order valence-corrected chi connectivity index (χ3v) is 7.23. The van der Waals surface area contributed by atoms with E-state index in [4.69, 9.17) is 10.5 Å². The van der Waals surface area contributed by atoms with Gasteiger partial charge in [-0.3, -0.25) is 19.3 Å². The zero-order valence-electron chi connectivity index (χ0n) is 23.4. The molecule has 0 radical (unpaired) electrons. The Labute approximate surface area is 238 Å². The van der Waals surface area contributed by atoms with Gasteiger partial charge in [0.15, 0.2) is 5.82 Å². The Morgan fingerprint density at radius 2 is 1.95 bits per heavy atom. The van der Waals surface area contributed by atoms with Crippen LogP contribution in [0.15, 0.2) is 54.9 Å². The molecule has 1 aliphatic heterocycles. The number of amides is 3. The zero-order chi connectivity index (χ0) is 28.9. The van der Waals surface area contributed by atoms with Crippen LogP contribution in [0.25, 0.3) is 11.0 Å². The summed E-state index contributed by atoms with van der Waals surface area (Å²) in [4.78, 5) is 48.2. The number of rotatable bonds is 13. The van der Waals surface area contributed by atoms with Crippen molar-refractivity contribution in [2.24, 2.45) is 0 Å². The van der Waals surface area contributed by atoms with Crippen molar-refractivity contribution in [1.82, 2.24) is 24.3 Å². The number of fused-ring (bicyclic) bond motifs is 1. The van der Waals surface area contributed by atoms with E-state index in [9.17, 15) is 14.4 Å². The molecule has 41 heavy (non-hydrogen) atoms. The topological polar surface area (TPSA) is 136 Å². The van der Waals surface area contributed by atoms with Crippen LogP contribution in [0.4, 0.5) is 11.8 Å². The Bertz CT molecular complexity index is 1500. The monoisotopic (exact) mass is 557 g/mol.